The summed E-state index contributed by atoms with van der Waals surface area (Å²) in [5.74, 6) is 0.788. The Bertz CT molecular complexity index is 602. The molecule has 0 fully saturated rings. The van der Waals surface area contributed by atoms with E-state index in [1.165, 1.54) is 0 Å². The van der Waals surface area contributed by atoms with Gasteiger partial charge in [-0.3, -0.25) is 4.79 Å². The predicted molar refractivity (Wildman–Crippen MR) is 83.2 cm³/mol. The van der Waals surface area contributed by atoms with Crippen LogP contribution in [0.15, 0.2) is 40.8 Å². The second-order valence-corrected chi connectivity index (χ2v) is 5.19. The average molecular weight is 287 g/mol. The fraction of sp³-hybridized carbons (Fsp3) is 0.312. The molecule has 2 rings (SSSR count). The molecular weight excluding hydrogens is 266 g/mol. The normalized spacial score (nSPS) is 10.5. The first-order valence-electron chi connectivity index (χ1n) is 6.81. The number of amides is 1. The molecule has 0 radical (unpaired) electrons. The second kappa shape index (κ2) is 6.45. The maximum absolute atomic E-state index is 12.2. The van der Waals surface area contributed by atoms with Gasteiger partial charge in [0.05, 0.1) is 6.54 Å². The third kappa shape index (κ3) is 3.64. The number of rotatable bonds is 5. The monoisotopic (exact) mass is 287 g/mol. The smallest absolute Gasteiger partial charge is 0.289 e. The highest BCUT2D eigenvalue weighted by Crippen LogP contribution is 2.15. The van der Waals surface area contributed by atoms with Gasteiger partial charge < -0.3 is 20.0 Å². The van der Waals surface area contributed by atoms with Crippen molar-refractivity contribution in [2.75, 3.05) is 26.0 Å². The van der Waals surface area contributed by atoms with Crippen LogP contribution in [0.5, 0.6) is 0 Å². The van der Waals surface area contributed by atoms with Crippen LogP contribution in [0, 0.1) is 0 Å². The molecule has 0 aliphatic heterocycles. The molecule has 0 unspecified atom stereocenters. The highest BCUT2D eigenvalue weighted by atomic mass is 16.4. The van der Waals surface area contributed by atoms with Crippen molar-refractivity contribution in [2.24, 2.45) is 5.73 Å². The summed E-state index contributed by atoms with van der Waals surface area (Å²) < 4.78 is 5.38. The van der Waals surface area contributed by atoms with Crippen molar-refractivity contribution < 1.29 is 9.21 Å². The van der Waals surface area contributed by atoms with Gasteiger partial charge in [0.25, 0.3) is 5.91 Å². The van der Waals surface area contributed by atoms with Crippen LogP contribution in [0.1, 0.15) is 21.9 Å². The molecule has 0 saturated heterocycles. The maximum Gasteiger partial charge on any atom is 0.289 e. The number of nitrogens with zero attached hydrogens (tertiary/aromatic N) is 2. The first-order valence-corrected chi connectivity index (χ1v) is 6.81. The van der Waals surface area contributed by atoms with Crippen LogP contribution in [0.25, 0.3) is 0 Å². The molecule has 1 amide bonds. The number of hydrogen-bond donors (Lipinski definition) is 1. The van der Waals surface area contributed by atoms with E-state index in [1.54, 1.807) is 24.1 Å². The molecule has 0 saturated carbocycles. The molecule has 0 aliphatic carbocycles. The number of benzene rings is 1. The molecular formula is C16H21N3O2. The van der Waals surface area contributed by atoms with Crippen LogP contribution < -0.4 is 10.6 Å². The van der Waals surface area contributed by atoms with E-state index in [2.05, 4.69) is 0 Å². The largest absolute Gasteiger partial charge is 0.455 e. The third-order valence-corrected chi connectivity index (χ3v) is 3.29. The first-order chi connectivity index (χ1) is 10.0. The fourth-order valence-corrected chi connectivity index (χ4v) is 2.04. The quantitative estimate of drug-likeness (QED) is 0.914. The standard InChI is InChI=1S/C16H21N3O2/c1-18(2)13-6-4-12(5-7-13)11-19(3)16(20)15-9-8-14(10-17)21-15/h4-9H,10-11,17H2,1-3H3. The van der Waals surface area contributed by atoms with Gasteiger partial charge in [-0.25, -0.2) is 0 Å². The summed E-state index contributed by atoms with van der Waals surface area (Å²) in [4.78, 5) is 15.9. The molecule has 5 nitrogen and oxygen atoms in total. The summed E-state index contributed by atoms with van der Waals surface area (Å²) in [5, 5.41) is 0. The van der Waals surface area contributed by atoms with Crippen molar-refractivity contribution in [3.05, 3.63) is 53.5 Å². The van der Waals surface area contributed by atoms with Gasteiger partial charge in [-0.15, -0.1) is 0 Å². The number of nitrogens with two attached hydrogens (primary N) is 1. The Morgan fingerprint density at radius 3 is 2.29 bits per heavy atom. The lowest BCUT2D eigenvalue weighted by atomic mass is 10.2. The molecule has 0 aliphatic rings. The van der Waals surface area contributed by atoms with Crippen LogP contribution in [0.2, 0.25) is 0 Å². The lowest BCUT2D eigenvalue weighted by Crippen LogP contribution is -2.25. The van der Waals surface area contributed by atoms with E-state index in [9.17, 15) is 4.79 Å². The predicted octanol–water partition coefficient (Wildman–Crippen LogP) is 2.08. The Morgan fingerprint density at radius 1 is 1.10 bits per heavy atom. The number of carbonyl (C=O) groups excluding carboxylic acids is 1. The van der Waals surface area contributed by atoms with Crippen molar-refractivity contribution in [1.82, 2.24) is 4.90 Å². The maximum atomic E-state index is 12.2. The minimum Gasteiger partial charge on any atom is -0.455 e. The van der Waals surface area contributed by atoms with Crippen LogP contribution in [0.4, 0.5) is 5.69 Å². The minimum atomic E-state index is -0.147. The molecule has 0 spiro atoms. The van der Waals surface area contributed by atoms with Gasteiger partial charge in [0.2, 0.25) is 0 Å². The van der Waals surface area contributed by atoms with Gasteiger partial charge in [0.15, 0.2) is 5.76 Å². The summed E-state index contributed by atoms with van der Waals surface area (Å²) in [6.45, 7) is 0.828. The fourth-order valence-electron chi connectivity index (χ4n) is 2.04. The lowest BCUT2D eigenvalue weighted by Gasteiger charge is -2.17. The minimum absolute atomic E-state index is 0.147. The number of furan rings is 1. The summed E-state index contributed by atoms with van der Waals surface area (Å²) in [5.41, 5.74) is 7.68. The van der Waals surface area contributed by atoms with Crippen molar-refractivity contribution >= 4 is 11.6 Å². The molecule has 5 heteroatoms. The summed E-state index contributed by atoms with van der Waals surface area (Å²) >= 11 is 0. The zero-order valence-electron chi connectivity index (χ0n) is 12.7. The Labute approximate surface area is 124 Å². The molecule has 112 valence electrons. The first kappa shape index (κ1) is 15.1. The van der Waals surface area contributed by atoms with Gasteiger partial charge in [-0.05, 0) is 29.8 Å². The average Bonchev–Trinajstić information content (AvgIpc) is 2.95. The number of carbonyl (C=O) groups is 1. The Hall–Kier alpha value is -2.27. The molecule has 2 N–H and O–H groups in total. The molecule has 1 heterocycles. The summed E-state index contributed by atoms with van der Waals surface area (Å²) in [6.07, 6.45) is 0. The van der Waals surface area contributed by atoms with Gasteiger partial charge in [0.1, 0.15) is 5.76 Å². The van der Waals surface area contributed by atoms with Crippen molar-refractivity contribution in [3.8, 4) is 0 Å². The van der Waals surface area contributed by atoms with Gasteiger partial charge >= 0.3 is 0 Å². The van der Waals surface area contributed by atoms with Crippen LogP contribution in [-0.4, -0.2) is 32.0 Å². The van der Waals surface area contributed by atoms with Crippen molar-refractivity contribution in [1.29, 1.82) is 0 Å². The zero-order chi connectivity index (χ0) is 15.4. The van der Waals surface area contributed by atoms with E-state index < -0.39 is 0 Å². The van der Waals surface area contributed by atoms with E-state index in [0.29, 0.717) is 24.6 Å². The highest BCUT2D eigenvalue weighted by Gasteiger charge is 2.16. The highest BCUT2D eigenvalue weighted by molar-refractivity contribution is 5.91. The van der Waals surface area contributed by atoms with Gasteiger partial charge in [-0.1, -0.05) is 12.1 Å². The molecule has 21 heavy (non-hydrogen) atoms. The van der Waals surface area contributed by atoms with Crippen LogP contribution >= 0.6 is 0 Å². The van der Waals surface area contributed by atoms with E-state index in [0.717, 1.165) is 11.3 Å². The van der Waals surface area contributed by atoms with E-state index in [1.807, 2.05) is 43.3 Å². The number of hydrogen-bond acceptors (Lipinski definition) is 4. The van der Waals surface area contributed by atoms with Crippen molar-refractivity contribution in [3.63, 3.8) is 0 Å². The van der Waals surface area contributed by atoms with Crippen LogP contribution in [0.3, 0.4) is 0 Å². The second-order valence-electron chi connectivity index (χ2n) is 5.19. The SMILES string of the molecule is CN(Cc1ccc(N(C)C)cc1)C(=O)c1ccc(CN)o1. The van der Waals surface area contributed by atoms with E-state index in [-0.39, 0.29) is 5.91 Å². The van der Waals surface area contributed by atoms with Crippen molar-refractivity contribution in [2.45, 2.75) is 13.1 Å². The zero-order valence-corrected chi connectivity index (χ0v) is 12.7. The van der Waals surface area contributed by atoms with E-state index in [4.69, 9.17) is 10.2 Å². The molecule has 0 atom stereocenters. The third-order valence-electron chi connectivity index (χ3n) is 3.29. The summed E-state index contributed by atoms with van der Waals surface area (Å²) in [6, 6.07) is 11.5. The summed E-state index contributed by atoms with van der Waals surface area (Å²) in [7, 11) is 5.75. The lowest BCUT2D eigenvalue weighted by molar-refractivity contribution is 0.0751. The number of anilines is 1. The topological polar surface area (TPSA) is 62.7 Å². The molecule has 1 aromatic carbocycles. The molecule has 1 aromatic heterocycles. The Balaban J connectivity index is 2.03. The molecule has 2 aromatic rings. The van der Waals surface area contributed by atoms with E-state index >= 15 is 0 Å². The van der Waals surface area contributed by atoms with Crippen LogP contribution in [-0.2, 0) is 13.1 Å². The van der Waals surface area contributed by atoms with Gasteiger partial charge in [0, 0.05) is 33.4 Å². The Morgan fingerprint density at radius 2 is 1.76 bits per heavy atom. The Kier molecular flexibility index (Phi) is 4.65. The molecule has 0 bridgehead atoms. The van der Waals surface area contributed by atoms with Gasteiger partial charge in [-0.2, -0.15) is 0 Å².